The first-order valence-corrected chi connectivity index (χ1v) is 5.81. The highest BCUT2D eigenvalue weighted by Crippen LogP contribution is 2.53. The fraction of sp³-hybridized carbons (Fsp3) is 0.500. The van der Waals surface area contributed by atoms with E-state index < -0.39 is 47.6 Å². The summed E-state index contributed by atoms with van der Waals surface area (Å²) in [4.78, 5) is 3.53. The molecule has 0 fully saturated rings. The Balaban J connectivity index is 2.46. The van der Waals surface area contributed by atoms with E-state index in [2.05, 4.69) is 19.6 Å². The van der Waals surface area contributed by atoms with Gasteiger partial charge in [-0.25, -0.2) is 13.8 Å². The van der Waals surface area contributed by atoms with E-state index in [0.29, 0.717) is 0 Å². The molecule has 24 heavy (non-hydrogen) atoms. The van der Waals surface area contributed by atoms with Crippen molar-refractivity contribution in [2.24, 2.45) is 0 Å². The van der Waals surface area contributed by atoms with Crippen LogP contribution in [-0.2, 0) is 5.92 Å². The van der Waals surface area contributed by atoms with Gasteiger partial charge in [-0.2, -0.15) is 26.3 Å². The summed E-state index contributed by atoms with van der Waals surface area (Å²) in [6.45, 7) is 1.28. The molecule has 0 saturated carbocycles. The minimum atomic E-state index is -6.51. The second kappa shape index (κ2) is 5.31. The number of anilines is 1. The molecule has 0 aliphatic rings. The molecule has 0 aromatic carbocycles. The van der Waals surface area contributed by atoms with Crippen LogP contribution in [-0.4, -0.2) is 33.5 Å². The molecule has 6 nitrogen and oxygen atoms in total. The lowest BCUT2D eigenvalue weighted by atomic mass is 10.1. The van der Waals surface area contributed by atoms with Crippen LogP contribution in [0.1, 0.15) is 11.8 Å². The summed E-state index contributed by atoms with van der Waals surface area (Å²) in [5.74, 6) is -22.6. The molecule has 0 atom stereocenters. The summed E-state index contributed by atoms with van der Waals surface area (Å²) >= 11 is 0. The minimum absolute atomic E-state index is 0.0800. The van der Waals surface area contributed by atoms with Gasteiger partial charge in [-0.05, 0) is 0 Å². The molecule has 0 aliphatic heterocycles. The van der Waals surface area contributed by atoms with E-state index >= 15 is 0 Å². The van der Waals surface area contributed by atoms with Gasteiger partial charge < -0.3 is 14.6 Å². The highest BCUT2D eigenvalue weighted by molar-refractivity contribution is 5.60. The Morgan fingerprint density at radius 2 is 1.58 bits per heavy atom. The average Bonchev–Trinajstić information content (AvgIpc) is 3.04. The van der Waals surface area contributed by atoms with Crippen LogP contribution in [0.2, 0.25) is 0 Å². The molecule has 2 heterocycles. The second-order valence-corrected chi connectivity index (χ2v) is 4.43. The van der Waals surface area contributed by atoms with Crippen LogP contribution in [0.25, 0.3) is 11.6 Å². The summed E-state index contributed by atoms with van der Waals surface area (Å²) in [5, 5.41) is 5.39. The molecule has 134 valence electrons. The molecular weight excluding hydrogens is 360 g/mol. The molecule has 2 aromatic heterocycles. The van der Waals surface area contributed by atoms with Crippen LogP contribution in [0, 0.1) is 6.92 Å². The van der Waals surface area contributed by atoms with Crippen LogP contribution >= 0.6 is 0 Å². The van der Waals surface area contributed by atoms with Gasteiger partial charge in [0, 0.05) is 6.92 Å². The number of nitrogens with zero attached hydrogens (tertiary/aromatic N) is 3. The fourth-order valence-electron chi connectivity index (χ4n) is 1.52. The minimum Gasteiger partial charge on any atom is -0.425 e. The Kier molecular flexibility index (Phi) is 3.97. The highest BCUT2D eigenvalue weighted by Gasteiger charge is 2.78. The standard InChI is InChI=1S/C10H6F8N4O2/c1-2-20-3(4(19)23-2)5-21-22-7(24-5)9(15,16)10(17,18)8(13,14)6(11)12/h6H,19H2,1H3. The van der Waals surface area contributed by atoms with Crippen molar-refractivity contribution in [1.82, 2.24) is 15.2 Å². The first-order chi connectivity index (χ1) is 10.8. The molecule has 0 saturated heterocycles. The molecule has 0 aliphatic carbocycles. The lowest BCUT2D eigenvalue weighted by Gasteiger charge is -2.29. The van der Waals surface area contributed by atoms with E-state index in [9.17, 15) is 35.1 Å². The lowest BCUT2D eigenvalue weighted by Crippen LogP contribution is -2.56. The molecule has 0 amide bonds. The summed E-state index contributed by atoms with van der Waals surface area (Å²) in [7, 11) is 0. The molecule has 0 radical (unpaired) electrons. The number of nitrogens with two attached hydrogens (primary N) is 1. The van der Waals surface area contributed by atoms with E-state index in [1.54, 1.807) is 0 Å². The van der Waals surface area contributed by atoms with Crippen molar-refractivity contribution in [2.75, 3.05) is 5.73 Å². The number of hydrogen-bond acceptors (Lipinski definition) is 6. The van der Waals surface area contributed by atoms with Gasteiger partial charge in [-0.15, -0.1) is 10.2 Å². The van der Waals surface area contributed by atoms with Crippen molar-refractivity contribution in [3.05, 3.63) is 11.8 Å². The third-order valence-corrected chi connectivity index (χ3v) is 2.74. The van der Waals surface area contributed by atoms with E-state index in [-0.39, 0.29) is 5.89 Å². The summed E-state index contributed by atoms with van der Waals surface area (Å²) < 4.78 is 112. The summed E-state index contributed by atoms with van der Waals surface area (Å²) in [6.07, 6.45) is -5.06. The molecule has 2 N–H and O–H groups in total. The van der Waals surface area contributed by atoms with Crippen molar-refractivity contribution >= 4 is 5.88 Å². The van der Waals surface area contributed by atoms with Crippen molar-refractivity contribution in [3.8, 4) is 11.6 Å². The number of aryl methyl sites for hydroxylation is 1. The predicted molar refractivity (Wildman–Crippen MR) is 58.7 cm³/mol. The molecule has 14 heteroatoms. The summed E-state index contributed by atoms with van der Waals surface area (Å²) in [6, 6.07) is 0. The monoisotopic (exact) mass is 366 g/mol. The maximum absolute atomic E-state index is 13.6. The Labute approximate surface area is 126 Å². The van der Waals surface area contributed by atoms with Gasteiger partial charge in [0.25, 0.3) is 11.8 Å². The van der Waals surface area contributed by atoms with E-state index in [1.165, 1.54) is 6.92 Å². The summed E-state index contributed by atoms with van der Waals surface area (Å²) in [5.41, 5.74) is 4.77. The van der Waals surface area contributed by atoms with Gasteiger partial charge in [0.05, 0.1) is 0 Å². The van der Waals surface area contributed by atoms with Crippen LogP contribution in [0.5, 0.6) is 0 Å². The Hall–Kier alpha value is -2.41. The number of rotatable bonds is 5. The van der Waals surface area contributed by atoms with Gasteiger partial charge >= 0.3 is 24.2 Å². The van der Waals surface area contributed by atoms with Crippen LogP contribution in [0.15, 0.2) is 8.83 Å². The van der Waals surface area contributed by atoms with E-state index in [1.807, 2.05) is 0 Å². The zero-order valence-corrected chi connectivity index (χ0v) is 11.3. The molecule has 0 bridgehead atoms. The highest BCUT2D eigenvalue weighted by atomic mass is 19.4. The van der Waals surface area contributed by atoms with Gasteiger partial charge in [0.15, 0.2) is 11.6 Å². The van der Waals surface area contributed by atoms with Crippen molar-refractivity contribution < 1.29 is 44.0 Å². The smallest absolute Gasteiger partial charge is 0.392 e. The number of halogens is 8. The maximum atomic E-state index is 13.6. The molecular formula is C10H6F8N4O2. The number of nitrogen functional groups attached to an aromatic ring is 1. The Morgan fingerprint density at radius 1 is 1.00 bits per heavy atom. The van der Waals surface area contributed by atoms with Crippen molar-refractivity contribution in [1.29, 1.82) is 0 Å². The fourth-order valence-corrected chi connectivity index (χ4v) is 1.52. The van der Waals surface area contributed by atoms with E-state index in [0.717, 1.165) is 0 Å². The predicted octanol–water partition coefficient (Wildman–Crippen LogP) is 3.24. The molecule has 0 spiro atoms. The Morgan fingerprint density at radius 3 is 2.04 bits per heavy atom. The Bertz CT molecular complexity index is 741. The maximum Gasteiger partial charge on any atom is 0.392 e. The zero-order chi connectivity index (χ0) is 18.5. The normalized spacial score (nSPS) is 13.8. The van der Waals surface area contributed by atoms with Gasteiger partial charge in [-0.3, -0.25) is 0 Å². The second-order valence-electron chi connectivity index (χ2n) is 4.43. The van der Waals surface area contributed by atoms with Crippen LogP contribution in [0.4, 0.5) is 41.0 Å². The van der Waals surface area contributed by atoms with Crippen LogP contribution in [0.3, 0.4) is 0 Å². The van der Waals surface area contributed by atoms with Gasteiger partial charge in [0.2, 0.25) is 5.88 Å². The first-order valence-electron chi connectivity index (χ1n) is 5.81. The van der Waals surface area contributed by atoms with Crippen molar-refractivity contribution in [3.63, 3.8) is 0 Å². The molecule has 2 rings (SSSR count). The first kappa shape index (κ1) is 17.9. The van der Waals surface area contributed by atoms with Crippen molar-refractivity contribution in [2.45, 2.75) is 31.1 Å². The topological polar surface area (TPSA) is 91.0 Å². The third-order valence-electron chi connectivity index (χ3n) is 2.74. The number of oxazole rings is 1. The molecule has 2 aromatic rings. The van der Waals surface area contributed by atoms with Crippen LogP contribution < -0.4 is 5.73 Å². The third kappa shape index (κ3) is 2.45. The zero-order valence-electron chi connectivity index (χ0n) is 11.3. The number of alkyl halides is 8. The quantitative estimate of drug-likeness (QED) is 0.817. The molecule has 0 unspecified atom stereocenters. The largest absolute Gasteiger partial charge is 0.425 e. The lowest BCUT2D eigenvalue weighted by molar-refractivity contribution is -0.348. The van der Waals surface area contributed by atoms with Gasteiger partial charge in [-0.1, -0.05) is 0 Å². The number of hydrogen-bond donors (Lipinski definition) is 1. The SMILES string of the molecule is Cc1nc(-c2nnc(C(F)(F)C(F)(F)C(F)(F)C(F)F)o2)c(N)o1. The average molecular weight is 366 g/mol. The van der Waals surface area contributed by atoms with E-state index in [4.69, 9.17) is 10.2 Å². The number of aromatic nitrogens is 3. The van der Waals surface area contributed by atoms with Gasteiger partial charge in [0.1, 0.15) is 0 Å².